The molecular weight excluding hydrogens is 256 g/mol. The Hall–Kier alpha value is -1.57. The fraction of sp³-hybridized carbons (Fsp3) is 0.526. The third-order valence-corrected chi connectivity index (χ3v) is 5.45. The van der Waals surface area contributed by atoms with Crippen LogP contribution in [0.3, 0.4) is 0 Å². The van der Waals surface area contributed by atoms with Crippen molar-refractivity contribution in [2.45, 2.75) is 57.4 Å². The number of fused-ring (bicyclic) bond motifs is 3. The molecule has 4 rings (SSSR count). The molecule has 1 fully saturated rings. The van der Waals surface area contributed by atoms with E-state index in [2.05, 4.69) is 33.8 Å². The molecule has 1 atom stereocenters. The maximum absolute atomic E-state index is 4.35. The van der Waals surface area contributed by atoms with Crippen LogP contribution in [0.25, 0.3) is 11.3 Å². The molecule has 0 saturated heterocycles. The van der Waals surface area contributed by atoms with Gasteiger partial charge in [0.25, 0.3) is 0 Å². The van der Waals surface area contributed by atoms with E-state index in [9.17, 15) is 0 Å². The molecule has 0 amide bonds. The van der Waals surface area contributed by atoms with E-state index in [1.807, 2.05) is 12.5 Å². The van der Waals surface area contributed by atoms with Crippen LogP contribution in [0.4, 0.5) is 0 Å². The van der Waals surface area contributed by atoms with E-state index >= 15 is 0 Å². The van der Waals surface area contributed by atoms with Gasteiger partial charge in [-0.2, -0.15) is 0 Å². The molecule has 1 aromatic heterocycles. The Morgan fingerprint density at radius 2 is 1.90 bits per heavy atom. The Balaban J connectivity index is 1.54. The smallest absolute Gasteiger partial charge is 0.0951 e. The van der Waals surface area contributed by atoms with Gasteiger partial charge in [-0.1, -0.05) is 56.4 Å². The minimum absolute atomic E-state index is 0.671. The molecule has 0 spiro atoms. The summed E-state index contributed by atoms with van der Waals surface area (Å²) in [5.41, 5.74) is 4.23. The molecule has 2 heterocycles. The Bertz CT molecular complexity index is 608. The van der Waals surface area contributed by atoms with Gasteiger partial charge in [0, 0.05) is 18.0 Å². The Morgan fingerprint density at radius 1 is 1.05 bits per heavy atom. The third-order valence-electron chi connectivity index (χ3n) is 5.45. The zero-order chi connectivity index (χ0) is 14.1. The first kappa shape index (κ1) is 13.1. The highest BCUT2D eigenvalue weighted by atomic mass is 15.1. The van der Waals surface area contributed by atoms with Gasteiger partial charge in [0.05, 0.1) is 18.2 Å². The number of benzene rings is 1. The first-order valence-corrected chi connectivity index (χ1v) is 8.51. The fourth-order valence-corrected chi connectivity index (χ4v) is 4.27. The van der Waals surface area contributed by atoms with Crippen molar-refractivity contribution in [1.29, 1.82) is 0 Å². The van der Waals surface area contributed by atoms with Crippen LogP contribution in [0.1, 0.15) is 56.4 Å². The van der Waals surface area contributed by atoms with Crippen molar-refractivity contribution in [2.75, 3.05) is 0 Å². The SMILES string of the molecule is c1ccc2c(c1)-c1cncn1CC2CCC1CCCCC1. The Morgan fingerprint density at radius 3 is 2.81 bits per heavy atom. The summed E-state index contributed by atoms with van der Waals surface area (Å²) in [4.78, 5) is 4.35. The quantitative estimate of drug-likeness (QED) is 0.773. The van der Waals surface area contributed by atoms with E-state index in [1.165, 1.54) is 56.2 Å². The van der Waals surface area contributed by atoms with Crippen LogP contribution < -0.4 is 0 Å². The van der Waals surface area contributed by atoms with Crippen LogP contribution in [-0.4, -0.2) is 9.55 Å². The molecule has 2 aromatic rings. The number of rotatable bonds is 3. The van der Waals surface area contributed by atoms with Gasteiger partial charge < -0.3 is 4.57 Å². The van der Waals surface area contributed by atoms with Crippen LogP contribution >= 0.6 is 0 Å². The zero-order valence-corrected chi connectivity index (χ0v) is 12.7. The van der Waals surface area contributed by atoms with Crippen molar-refractivity contribution >= 4 is 0 Å². The van der Waals surface area contributed by atoms with Gasteiger partial charge in [0.15, 0.2) is 0 Å². The second kappa shape index (κ2) is 5.67. The minimum atomic E-state index is 0.671. The normalized spacial score (nSPS) is 21.8. The number of imidazole rings is 1. The van der Waals surface area contributed by atoms with Gasteiger partial charge in [0.2, 0.25) is 0 Å². The Kier molecular flexibility index (Phi) is 3.54. The lowest BCUT2D eigenvalue weighted by Gasteiger charge is -2.29. The van der Waals surface area contributed by atoms with Crippen molar-refractivity contribution in [3.05, 3.63) is 42.4 Å². The molecule has 1 unspecified atom stereocenters. The highest BCUT2D eigenvalue weighted by molar-refractivity contribution is 5.66. The van der Waals surface area contributed by atoms with Gasteiger partial charge >= 0.3 is 0 Å². The van der Waals surface area contributed by atoms with Crippen LogP contribution in [0.5, 0.6) is 0 Å². The maximum atomic E-state index is 4.35. The monoisotopic (exact) mass is 280 g/mol. The second-order valence-electron chi connectivity index (χ2n) is 6.80. The van der Waals surface area contributed by atoms with Gasteiger partial charge in [-0.3, -0.25) is 0 Å². The van der Waals surface area contributed by atoms with Crippen molar-refractivity contribution in [2.24, 2.45) is 5.92 Å². The number of nitrogens with zero attached hydrogens (tertiary/aromatic N) is 2. The lowest BCUT2D eigenvalue weighted by molar-refractivity contribution is 0.317. The molecule has 2 aliphatic rings. The number of hydrogen-bond donors (Lipinski definition) is 0. The molecule has 1 aliphatic heterocycles. The summed E-state index contributed by atoms with van der Waals surface area (Å²) < 4.78 is 2.34. The van der Waals surface area contributed by atoms with Crippen LogP contribution in [0, 0.1) is 5.92 Å². The van der Waals surface area contributed by atoms with Crippen molar-refractivity contribution in [3.63, 3.8) is 0 Å². The van der Waals surface area contributed by atoms with E-state index in [0.717, 1.165) is 12.5 Å². The predicted molar refractivity (Wildman–Crippen MR) is 86.2 cm³/mol. The maximum Gasteiger partial charge on any atom is 0.0951 e. The van der Waals surface area contributed by atoms with E-state index in [0.29, 0.717) is 5.92 Å². The van der Waals surface area contributed by atoms with E-state index in [4.69, 9.17) is 0 Å². The third kappa shape index (κ3) is 2.52. The average Bonchev–Trinajstić information content (AvgIpc) is 3.02. The van der Waals surface area contributed by atoms with Crippen LogP contribution in [-0.2, 0) is 6.54 Å². The summed E-state index contributed by atoms with van der Waals surface area (Å²) in [6.07, 6.45) is 14.0. The molecule has 0 radical (unpaired) electrons. The molecule has 2 heteroatoms. The first-order chi connectivity index (χ1) is 10.4. The van der Waals surface area contributed by atoms with Gasteiger partial charge in [-0.05, 0) is 24.3 Å². The first-order valence-electron chi connectivity index (χ1n) is 8.51. The fourth-order valence-electron chi connectivity index (χ4n) is 4.27. The van der Waals surface area contributed by atoms with Crippen molar-refractivity contribution in [1.82, 2.24) is 9.55 Å². The number of aromatic nitrogens is 2. The molecular formula is C19H24N2. The number of hydrogen-bond acceptors (Lipinski definition) is 1. The lowest BCUT2D eigenvalue weighted by Crippen LogP contribution is -2.17. The minimum Gasteiger partial charge on any atom is -0.330 e. The zero-order valence-electron chi connectivity index (χ0n) is 12.7. The van der Waals surface area contributed by atoms with E-state index in [1.54, 1.807) is 5.56 Å². The van der Waals surface area contributed by atoms with E-state index < -0.39 is 0 Å². The molecule has 1 saturated carbocycles. The molecule has 1 aromatic carbocycles. The van der Waals surface area contributed by atoms with Gasteiger partial charge in [-0.15, -0.1) is 0 Å². The van der Waals surface area contributed by atoms with E-state index in [-0.39, 0.29) is 0 Å². The van der Waals surface area contributed by atoms with Crippen LogP contribution in [0.2, 0.25) is 0 Å². The summed E-state index contributed by atoms with van der Waals surface area (Å²) in [5.74, 6) is 1.65. The van der Waals surface area contributed by atoms with Gasteiger partial charge in [-0.25, -0.2) is 4.98 Å². The molecule has 21 heavy (non-hydrogen) atoms. The Labute approximate surface area is 127 Å². The summed E-state index contributed by atoms with van der Waals surface area (Å²) in [6.45, 7) is 1.11. The molecule has 0 bridgehead atoms. The highest BCUT2D eigenvalue weighted by Gasteiger charge is 2.25. The molecule has 110 valence electrons. The molecule has 2 nitrogen and oxygen atoms in total. The average molecular weight is 280 g/mol. The summed E-state index contributed by atoms with van der Waals surface area (Å²) in [6, 6.07) is 8.94. The topological polar surface area (TPSA) is 17.8 Å². The second-order valence-corrected chi connectivity index (χ2v) is 6.80. The predicted octanol–water partition coefficient (Wildman–Crippen LogP) is 5.01. The van der Waals surface area contributed by atoms with Gasteiger partial charge in [0.1, 0.15) is 0 Å². The van der Waals surface area contributed by atoms with Crippen molar-refractivity contribution < 1.29 is 0 Å². The molecule has 1 aliphatic carbocycles. The largest absolute Gasteiger partial charge is 0.330 e. The standard InChI is InChI=1S/C19H24N2/c1-2-6-15(7-3-1)10-11-16-13-21-14-20-12-19(21)18-9-5-4-8-17(16)18/h4-5,8-9,12,14-16H,1-3,6-7,10-11,13H2. The highest BCUT2D eigenvalue weighted by Crippen LogP contribution is 2.39. The van der Waals surface area contributed by atoms with Crippen LogP contribution in [0.15, 0.2) is 36.8 Å². The summed E-state index contributed by atoms with van der Waals surface area (Å²) in [7, 11) is 0. The summed E-state index contributed by atoms with van der Waals surface area (Å²) in [5, 5.41) is 0. The molecule has 0 N–H and O–H groups in total. The summed E-state index contributed by atoms with van der Waals surface area (Å²) >= 11 is 0. The van der Waals surface area contributed by atoms with Crippen molar-refractivity contribution in [3.8, 4) is 11.3 Å². The lowest BCUT2D eigenvalue weighted by atomic mass is 9.80.